The van der Waals surface area contributed by atoms with Crippen LogP contribution < -0.4 is 9.47 Å². The van der Waals surface area contributed by atoms with Crippen LogP contribution in [0.1, 0.15) is 37.4 Å². The Bertz CT molecular complexity index is 935. The summed E-state index contributed by atoms with van der Waals surface area (Å²) in [6, 6.07) is 12.4. The maximum Gasteiger partial charge on any atom is 0.161 e. The van der Waals surface area contributed by atoms with Gasteiger partial charge in [0.1, 0.15) is 17.1 Å². The summed E-state index contributed by atoms with van der Waals surface area (Å²) < 4.78 is 30.1. The summed E-state index contributed by atoms with van der Waals surface area (Å²) >= 11 is 0. The van der Waals surface area contributed by atoms with Crippen molar-refractivity contribution in [3.8, 4) is 11.5 Å². The van der Waals surface area contributed by atoms with Crippen LogP contribution in [0.25, 0.3) is 10.9 Å². The van der Waals surface area contributed by atoms with Crippen LogP contribution in [0.5, 0.6) is 11.5 Å². The van der Waals surface area contributed by atoms with E-state index in [4.69, 9.17) is 14.0 Å². The van der Waals surface area contributed by atoms with E-state index in [9.17, 15) is 4.39 Å². The van der Waals surface area contributed by atoms with Gasteiger partial charge in [0.15, 0.2) is 11.5 Å². The molecule has 1 fully saturated rings. The molecule has 0 unspecified atom stereocenters. The Morgan fingerprint density at radius 1 is 1.10 bits per heavy atom. The van der Waals surface area contributed by atoms with E-state index in [1.54, 1.807) is 13.2 Å². The monoisotopic (exact) mass is 398 g/mol. The van der Waals surface area contributed by atoms with Crippen molar-refractivity contribution in [2.45, 2.75) is 31.6 Å². The number of likely N-dealkylation sites (tertiary alicyclic amines) is 1. The molecule has 2 aromatic carbocycles. The third-order valence-corrected chi connectivity index (χ3v) is 5.62. The van der Waals surface area contributed by atoms with Crippen LogP contribution in [0, 0.1) is 5.82 Å². The highest BCUT2D eigenvalue weighted by atomic mass is 19.1. The highest BCUT2D eigenvalue weighted by Gasteiger charge is 2.25. The van der Waals surface area contributed by atoms with E-state index in [-0.39, 0.29) is 5.82 Å². The molecule has 6 heteroatoms. The highest BCUT2D eigenvalue weighted by molar-refractivity contribution is 5.80. The van der Waals surface area contributed by atoms with Gasteiger partial charge in [-0.15, -0.1) is 0 Å². The van der Waals surface area contributed by atoms with Crippen LogP contribution in [0.2, 0.25) is 0 Å². The lowest BCUT2D eigenvalue weighted by molar-refractivity contribution is 0.189. The fraction of sp³-hybridized carbons (Fsp3) is 0.435. The van der Waals surface area contributed by atoms with Gasteiger partial charge in [0.05, 0.1) is 13.7 Å². The molecule has 0 aliphatic carbocycles. The Hall–Kier alpha value is -2.60. The van der Waals surface area contributed by atoms with Gasteiger partial charge in [0.2, 0.25) is 0 Å². The first-order valence-corrected chi connectivity index (χ1v) is 10.3. The van der Waals surface area contributed by atoms with Gasteiger partial charge in [-0.1, -0.05) is 17.3 Å². The Morgan fingerprint density at radius 3 is 2.69 bits per heavy atom. The average molecular weight is 398 g/mol. The SMILES string of the molecule is COc1ccccc1OCCCCN1CCC(c2onc3cc(F)ccc23)CC1. The van der Waals surface area contributed by atoms with Gasteiger partial charge in [-0.2, -0.15) is 0 Å². The van der Waals surface area contributed by atoms with Crippen molar-refractivity contribution in [3.05, 3.63) is 54.0 Å². The second kappa shape index (κ2) is 9.27. The van der Waals surface area contributed by atoms with E-state index < -0.39 is 0 Å². The summed E-state index contributed by atoms with van der Waals surface area (Å²) in [5.74, 6) is 2.56. The van der Waals surface area contributed by atoms with E-state index in [0.717, 1.165) is 68.0 Å². The minimum atomic E-state index is -0.276. The molecule has 1 saturated heterocycles. The Kier molecular flexibility index (Phi) is 6.30. The third-order valence-electron chi connectivity index (χ3n) is 5.62. The predicted octanol–water partition coefficient (Wildman–Crippen LogP) is 5.01. The number of para-hydroxylation sites is 2. The van der Waals surface area contributed by atoms with Crippen LogP contribution in [-0.4, -0.2) is 43.4 Å². The molecule has 0 radical (unpaired) electrons. The highest BCUT2D eigenvalue weighted by Crippen LogP contribution is 2.33. The normalized spacial score (nSPS) is 15.7. The molecule has 0 amide bonds. The first-order chi connectivity index (χ1) is 14.2. The second-order valence-electron chi connectivity index (χ2n) is 7.53. The zero-order chi connectivity index (χ0) is 20.1. The van der Waals surface area contributed by atoms with Crippen LogP contribution in [-0.2, 0) is 0 Å². The fourth-order valence-corrected chi connectivity index (χ4v) is 4.01. The second-order valence-corrected chi connectivity index (χ2v) is 7.53. The van der Waals surface area contributed by atoms with Gasteiger partial charge in [-0.05, 0) is 69.6 Å². The molecule has 29 heavy (non-hydrogen) atoms. The average Bonchev–Trinajstić information content (AvgIpc) is 3.17. The molecular formula is C23H27FN2O3. The summed E-state index contributed by atoms with van der Waals surface area (Å²) in [4.78, 5) is 2.50. The summed E-state index contributed by atoms with van der Waals surface area (Å²) in [6.07, 6.45) is 4.19. The number of benzene rings is 2. The zero-order valence-corrected chi connectivity index (χ0v) is 16.8. The van der Waals surface area contributed by atoms with E-state index in [1.165, 1.54) is 12.1 Å². The fourth-order valence-electron chi connectivity index (χ4n) is 4.01. The van der Waals surface area contributed by atoms with Crippen LogP contribution in [0.3, 0.4) is 0 Å². The number of aromatic nitrogens is 1. The number of piperidine rings is 1. The van der Waals surface area contributed by atoms with E-state index in [1.807, 2.05) is 24.3 Å². The van der Waals surface area contributed by atoms with E-state index >= 15 is 0 Å². The van der Waals surface area contributed by atoms with Crippen molar-refractivity contribution in [2.75, 3.05) is 33.4 Å². The maximum atomic E-state index is 13.3. The molecule has 1 aliphatic heterocycles. The van der Waals surface area contributed by atoms with Crippen molar-refractivity contribution in [3.63, 3.8) is 0 Å². The lowest BCUT2D eigenvalue weighted by Crippen LogP contribution is -2.33. The molecule has 154 valence electrons. The third kappa shape index (κ3) is 4.70. The van der Waals surface area contributed by atoms with Crippen molar-refractivity contribution in [1.29, 1.82) is 0 Å². The van der Waals surface area contributed by atoms with E-state index in [2.05, 4.69) is 10.1 Å². The van der Waals surface area contributed by atoms with Crippen LogP contribution in [0.15, 0.2) is 47.0 Å². The number of hydrogen-bond acceptors (Lipinski definition) is 5. The van der Waals surface area contributed by atoms with Crippen molar-refractivity contribution >= 4 is 10.9 Å². The number of unbranched alkanes of at least 4 members (excludes halogenated alkanes) is 1. The topological polar surface area (TPSA) is 47.7 Å². The number of nitrogens with zero attached hydrogens (tertiary/aromatic N) is 2. The molecule has 0 bridgehead atoms. The van der Waals surface area contributed by atoms with Gasteiger partial charge >= 0.3 is 0 Å². The molecule has 1 aromatic heterocycles. The number of halogens is 1. The predicted molar refractivity (Wildman–Crippen MR) is 110 cm³/mol. The molecule has 0 atom stereocenters. The summed E-state index contributed by atoms with van der Waals surface area (Å²) in [7, 11) is 1.66. The van der Waals surface area contributed by atoms with Crippen molar-refractivity contribution in [1.82, 2.24) is 10.1 Å². The van der Waals surface area contributed by atoms with Gasteiger partial charge in [-0.25, -0.2) is 4.39 Å². The Labute approximate surface area is 170 Å². The first kappa shape index (κ1) is 19.7. The summed E-state index contributed by atoms with van der Waals surface area (Å²) in [6.45, 7) is 3.85. The molecule has 0 spiro atoms. The van der Waals surface area contributed by atoms with Gasteiger partial charge in [-0.3, -0.25) is 0 Å². The Morgan fingerprint density at radius 2 is 1.90 bits per heavy atom. The zero-order valence-electron chi connectivity index (χ0n) is 16.8. The number of hydrogen-bond donors (Lipinski definition) is 0. The standard InChI is InChI=1S/C23H27FN2O3/c1-27-21-6-2-3-7-22(21)28-15-5-4-12-26-13-10-17(11-14-26)23-19-9-8-18(24)16-20(19)25-29-23/h2-3,6-9,16-17H,4-5,10-15H2,1H3. The van der Waals surface area contributed by atoms with Crippen LogP contribution >= 0.6 is 0 Å². The molecule has 0 saturated carbocycles. The molecule has 4 rings (SSSR count). The van der Waals surface area contributed by atoms with Crippen molar-refractivity contribution in [2.24, 2.45) is 0 Å². The maximum absolute atomic E-state index is 13.3. The van der Waals surface area contributed by atoms with Crippen molar-refractivity contribution < 1.29 is 18.4 Å². The molecule has 5 nitrogen and oxygen atoms in total. The smallest absolute Gasteiger partial charge is 0.161 e. The van der Waals surface area contributed by atoms with Gasteiger partial charge in [0.25, 0.3) is 0 Å². The number of methoxy groups -OCH3 is 1. The Balaban J connectivity index is 1.19. The molecule has 2 heterocycles. The number of fused-ring (bicyclic) bond motifs is 1. The molecule has 1 aliphatic rings. The van der Waals surface area contributed by atoms with Gasteiger partial charge < -0.3 is 18.9 Å². The van der Waals surface area contributed by atoms with Gasteiger partial charge in [0, 0.05) is 17.4 Å². The lowest BCUT2D eigenvalue weighted by atomic mass is 9.92. The lowest BCUT2D eigenvalue weighted by Gasteiger charge is -2.30. The van der Waals surface area contributed by atoms with Crippen LogP contribution in [0.4, 0.5) is 4.39 Å². The van der Waals surface area contributed by atoms with E-state index in [0.29, 0.717) is 18.0 Å². The first-order valence-electron chi connectivity index (χ1n) is 10.3. The minimum absolute atomic E-state index is 0.276. The molecular weight excluding hydrogens is 371 g/mol. The minimum Gasteiger partial charge on any atom is -0.493 e. The summed E-state index contributed by atoms with van der Waals surface area (Å²) in [5.41, 5.74) is 0.609. The largest absolute Gasteiger partial charge is 0.493 e. The number of rotatable bonds is 8. The summed E-state index contributed by atoms with van der Waals surface area (Å²) in [5, 5.41) is 4.97. The number of ether oxygens (including phenoxy) is 2. The quantitative estimate of drug-likeness (QED) is 0.499. The molecule has 0 N–H and O–H groups in total. The molecule has 3 aromatic rings.